The molecule has 1 aromatic carbocycles. The van der Waals surface area contributed by atoms with E-state index in [-0.39, 0.29) is 37.7 Å². The SMILES string of the molecule is CNS(=O)(=O)c1ccsc1C(=O)OC(Cc1c(Cl)cncc1Cl)c1ccc(OC(F)F)c(OCC2CC2)c1. The van der Waals surface area contributed by atoms with Crippen molar-refractivity contribution in [1.29, 1.82) is 0 Å². The number of halogens is 4. The number of nitrogens with one attached hydrogen (secondary N) is 1. The predicted molar refractivity (Wildman–Crippen MR) is 138 cm³/mol. The van der Waals surface area contributed by atoms with Crippen molar-refractivity contribution >= 4 is 50.5 Å². The minimum atomic E-state index is -3.94. The van der Waals surface area contributed by atoms with Gasteiger partial charge in [-0.2, -0.15) is 8.78 Å². The highest BCUT2D eigenvalue weighted by Crippen LogP contribution is 2.38. The molecular formula is C24H22Cl2F2N2O6S2. The Morgan fingerprint density at radius 3 is 2.53 bits per heavy atom. The van der Waals surface area contributed by atoms with Crippen LogP contribution in [0, 0.1) is 5.92 Å². The van der Waals surface area contributed by atoms with Crippen molar-refractivity contribution < 1.29 is 36.2 Å². The number of carbonyl (C=O) groups excluding carboxylic acids is 1. The van der Waals surface area contributed by atoms with E-state index < -0.39 is 28.7 Å². The van der Waals surface area contributed by atoms with Gasteiger partial charge in [-0.3, -0.25) is 4.98 Å². The molecule has 1 aliphatic carbocycles. The number of carbonyl (C=O) groups is 1. The molecule has 1 atom stereocenters. The Morgan fingerprint density at radius 1 is 1.18 bits per heavy atom. The lowest BCUT2D eigenvalue weighted by Crippen LogP contribution is -2.21. The fraction of sp³-hybridized carbons (Fsp3) is 0.333. The van der Waals surface area contributed by atoms with Crippen LogP contribution in [0.4, 0.5) is 8.78 Å². The van der Waals surface area contributed by atoms with Gasteiger partial charge in [0.2, 0.25) is 10.0 Å². The summed E-state index contributed by atoms with van der Waals surface area (Å²) in [5.41, 5.74) is 0.785. The summed E-state index contributed by atoms with van der Waals surface area (Å²) in [6.07, 6.45) is 3.62. The number of alkyl halides is 2. The van der Waals surface area contributed by atoms with Crippen molar-refractivity contribution in [3.8, 4) is 11.5 Å². The van der Waals surface area contributed by atoms with Crippen LogP contribution < -0.4 is 14.2 Å². The number of hydrogen-bond donors (Lipinski definition) is 1. The fourth-order valence-electron chi connectivity index (χ4n) is 3.52. The number of thiophene rings is 1. The number of rotatable bonds is 12. The van der Waals surface area contributed by atoms with Crippen molar-refractivity contribution in [2.45, 2.75) is 36.9 Å². The Hall–Kier alpha value is -2.51. The molecule has 0 aliphatic heterocycles. The van der Waals surface area contributed by atoms with E-state index in [9.17, 15) is 22.0 Å². The summed E-state index contributed by atoms with van der Waals surface area (Å²) in [6.45, 7) is -2.76. The second kappa shape index (κ2) is 12.1. The van der Waals surface area contributed by atoms with Crippen molar-refractivity contribution in [2.75, 3.05) is 13.7 Å². The van der Waals surface area contributed by atoms with Crippen molar-refractivity contribution in [3.63, 3.8) is 0 Å². The highest BCUT2D eigenvalue weighted by molar-refractivity contribution is 7.89. The molecule has 0 spiro atoms. The predicted octanol–water partition coefficient (Wildman–Crippen LogP) is 5.89. The van der Waals surface area contributed by atoms with E-state index in [2.05, 4.69) is 14.4 Å². The van der Waals surface area contributed by atoms with Gasteiger partial charge >= 0.3 is 12.6 Å². The molecule has 3 aromatic rings. The summed E-state index contributed by atoms with van der Waals surface area (Å²) < 4.78 is 69.1. The monoisotopic (exact) mass is 606 g/mol. The largest absolute Gasteiger partial charge is 0.489 e. The highest BCUT2D eigenvalue weighted by atomic mass is 35.5. The maximum atomic E-state index is 13.2. The smallest absolute Gasteiger partial charge is 0.387 e. The van der Waals surface area contributed by atoms with E-state index in [1.54, 1.807) is 0 Å². The lowest BCUT2D eigenvalue weighted by molar-refractivity contribution is -0.0515. The first-order chi connectivity index (χ1) is 18.1. The third-order valence-corrected chi connectivity index (χ3v) is 8.82. The Labute approximate surface area is 231 Å². The summed E-state index contributed by atoms with van der Waals surface area (Å²) in [6, 6.07) is 5.48. The van der Waals surface area contributed by atoms with Crippen LogP contribution in [0.2, 0.25) is 10.0 Å². The molecule has 1 saturated carbocycles. The molecule has 1 fully saturated rings. The standard InChI is InChI=1S/C24H22Cl2F2N2O6S2/c1-29-38(32,33)21-6-7-37-22(21)23(31)35-19(9-15-16(25)10-30-11-17(15)26)14-4-5-18(36-24(27)28)20(8-14)34-12-13-2-3-13/h4-8,10-11,13,19,24,29H,2-3,9,12H2,1H3. The average molecular weight is 607 g/mol. The Kier molecular flexibility index (Phi) is 9.09. The molecule has 1 aliphatic rings. The first-order valence-corrected chi connectivity index (χ1v) is 14.4. The molecule has 14 heteroatoms. The summed E-state index contributed by atoms with van der Waals surface area (Å²) in [5.74, 6) is -0.701. The van der Waals surface area contributed by atoms with Crippen LogP contribution in [-0.4, -0.2) is 39.6 Å². The van der Waals surface area contributed by atoms with Crippen LogP contribution in [0.15, 0.2) is 46.9 Å². The van der Waals surface area contributed by atoms with Gasteiger partial charge < -0.3 is 14.2 Å². The molecule has 0 bridgehead atoms. The quantitative estimate of drug-likeness (QED) is 0.256. The number of nitrogens with zero attached hydrogens (tertiary/aromatic N) is 1. The molecule has 0 saturated heterocycles. The number of hydrogen-bond acceptors (Lipinski definition) is 8. The Balaban J connectivity index is 1.71. The molecule has 0 amide bonds. The van der Waals surface area contributed by atoms with Crippen LogP contribution in [0.25, 0.3) is 0 Å². The summed E-state index contributed by atoms with van der Waals surface area (Å²) in [5, 5.41) is 1.89. The fourth-order valence-corrected chi connectivity index (χ4v) is 6.06. The maximum Gasteiger partial charge on any atom is 0.387 e. The van der Waals surface area contributed by atoms with Gasteiger partial charge in [0, 0.05) is 18.8 Å². The van der Waals surface area contributed by atoms with Crippen LogP contribution >= 0.6 is 34.5 Å². The van der Waals surface area contributed by atoms with Gasteiger partial charge in [-0.15, -0.1) is 11.3 Å². The Bertz CT molecular complexity index is 1400. The molecule has 8 nitrogen and oxygen atoms in total. The number of sulfonamides is 1. The van der Waals surface area contributed by atoms with Crippen LogP contribution in [0.1, 0.15) is 39.7 Å². The third-order valence-electron chi connectivity index (χ3n) is 5.69. The molecule has 4 rings (SSSR count). The minimum Gasteiger partial charge on any atom is -0.489 e. The van der Waals surface area contributed by atoms with E-state index in [1.807, 2.05) is 0 Å². The zero-order chi connectivity index (χ0) is 27.4. The van der Waals surface area contributed by atoms with Crippen molar-refractivity contribution in [3.05, 3.63) is 68.1 Å². The first-order valence-electron chi connectivity index (χ1n) is 11.3. The first kappa shape index (κ1) is 28.5. The Morgan fingerprint density at radius 2 is 1.89 bits per heavy atom. The molecule has 1 unspecified atom stereocenters. The van der Waals surface area contributed by atoms with Gasteiger partial charge in [-0.1, -0.05) is 29.3 Å². The van der Waals surface area contributed by atoms with Gasteiger partial charge in [0.15, 0.2) is 11.5 Å². The molecular weight excluding hydrogens is 585 g/mol. The molecule has 2 aromatic heterocycles. The number of esters is 1. The second-order valence-electron chi connectivity index (χ2n) is 8.34. The van der Waals surface area contributed by atoms with Gasteiger partial charge in [0.1, 0.15) is 15.9 Å². The minimum absolute atomic E-state index is 0.0253. The van der Waals surface area contributed by atoms with Crippen LogP contribution in [0.3, 0.4) is 0 Å². The zero-order valence-corrected chi connectivity index (χ0v) is 23.0. The van der Waals surface area contributed by atoms with Gasteiger partial charge in [-0.25, -0.2) is 17.9 Å². The zero-order valence-electron chi connectivity index (χ0n) is 19.8. The van der Waals surface area contributed by atoms with Crippen molar-refractivity contribution in [2.24, 2.45) is 5.92 Å². The number of aromatic nitrogens is 1. The summed E-state index contributed by atoms with van der Waals surface area (Å²) in [4.78, 5) is 16.8. The van der Waals surface area contributed by atoms with Crippen molar-refractivity contribution in [1.82, 2.24) is 9.71 Å². The summed E-state index contributed by atoms with van der Waals surface area (Å²) >= 11 is 13.5. The van der Waals surface area contributed by atoms with Crippen LogP contribution in [-0.2, 0) is 21.2 Å². The van der Waals surface area contributed by atoms with E-state index in [4.69, 9.17) is 32.7 Å². The maximum absolute atomic E-state index is 13.2. The van der Waals surface area contributed by atoms with Gasteiger partial charge in [-0.05, 0) is 60.5 Å². The van der Waals surface area contributed by atoms with Gasteiger partial charge in [0.05, 0.1) is 16.7 Å². The highest BCUT2D eigenvalue weighted by Gasteiger charge is 2.29. The molecule has 204 valence electrons. The van der Waals surface area contributed by atoms with Crippen LogP contribution in [0.5, 0.6) is 11.5 Å². The van der Waals surface area contributed by atoms with Gasteiger partial charge in [0.25, 0.3) is 0 Å². The molecule has 0 radical (unpaired) electrons. The third kappa shape index (κ3) is 6.92. The number of pyridine rings is 1. The van der Waals surface area contributed by atoms with E-state index in [0.717, 1.165) is 24.2 Å². The molecule has 2 heterocycles. The lowest BCUT2D eigenvalue weighted by Gasteiger charge is -2.21. The molecule has 1 N–H and O–H groups in total. The normalized spacial score (nSPS) is 14.4. The van der Waals surface area contributed by atoms with E-state index >= 15 is 0 Å². The molecule has 38 heavy (non-hydrogen) atoms. The van der Waals surface area contributed by atoms with E-state index in [0.29, 0.717) is 23.7 Å². The number of ether oxygens (including phenoxy) is 3. The second-order valence-corrected chi connectivity index (χ2v) is 11.9. The van der Waals surface area contributed by atoms with E-state index in [1.165, 1.54) is 49.1 Å². The average Bonchev–Trinajstić information content (AvgIpc) is 3.56. The topological polar surface area (TPSA) is 104 Å². The lowest BCUT2D eigenvalue weighted by atomic mass is 10.0. The summed E-state index contributed by atoms with van der Waals surface area (Å²) in [7, 11) is -2.71. The number of benzene rings is 1.